The lowest BCUT2D eigenvalue weighted by molar-refractivity contribution is 0.135. The molecule has 1 aliphatic heterocycles. The van der Waals surface area contributed by atoms with Crippen molar-refractivity contribution in [1.29, 1.82) is 0 Å². The lowest BCUT2D eigenvalue weighted by Gasteiger charge is -2.24. The van der Waals surface area contributed by atoms with Gasteiger partial charge in [-0.2, -0.15) is 0 Å². The van der Waals surface area contributed by atoms with Gasteiger partial charge in [0.05, 0.1) is 13.2 Å². The van der Waals surface area contributed by atoms with Crippen molar-refractivity contribution in [3.05, 3.63) is 0 Å². The van der Waals surface area contributed by atoms with E-state index in [1.165, 1.54) is 0 Å². The number of nitrogens with one attached hydrogen (secondary N) is 1. The van der Waals surface area contributed by atoms with Crippen molar-refractivity contribution in [2.24, 2.45) is 0 Å². The normalized spacial score (nSPS) is 22.6. The van der Waals surface area contributed by atoms with Crippen molar-refractivity contribution in [3.63, 3.8) is 0 Å². The number of hydrogen-bond donors (Lipinski definition) is 2. The van der Waals surface area contributed by atoms with E-state index in [9.17, 15) is 0 Å². The largest absolute Gasteiger partial charge is 0.395 e. The van der Waals surface area contributed by atoms with Crippen LogP contribution in [0.5, 0.6) is 0 Å². The zero-order valence-electron chi connectivity index (χ0n) is 8.33. The van der Waals surface area contributed by atoms with Crippen molar-refractivity contribution < 1.29 is 9.84 Å². The molecule has 0 bridgehead atoms. The van der Waals surface area contributed by atoms with Gasteiger partial charge in [-0.15, -0.1) is 0 Å². The van der Waals surface area contributed by atoms with Gasteiger partial charge in [-0.3, -0.25) is 4.90 Å². The van der Waals surface area contributed by atoms with E-state index in [1.807, 2.05) is 7.05 Å². The smallest absolute Gasteiger partial charge is 0.0597 e. The van der Waals surface area contributed by atoms with Crippen LogP contribution in [0.25, 0.3) is 0 Å². The molecule has 0 aromatic carbocycles. The fourth-order valence-electron chi connectivity index (χ4n) is 1.53. The maximum atomic E-state index is 9.01. The molecular formula is C9H20N2O2. The second kappa shape index (κ2) is 6.32. The zero-order chi connectivity index (χ0) is 9.52. The molecule has 1 fully saturated rings. The first-order chi connectivity index (χ1) is 6.36. The van der Waals surface area contributed by atoms with Gasteiger partial charge in [0.2, 0.25) is 0 Å². The Balaban J connectivity index is 2.24. The summed E-state index contributed by atoms with van der Waals surface area (Å²) in [6.07, 6.45) is 1.10. The molecule has 0 spiro atoms. The van der Waals surface area contributed by atoms with E-state index in [0.717, 1.165) is 39.3 Å². The predicted molar refractivity (Wildman–Crippen MR) is 51.8 cm³/mol. The molecule has 0 saturated carbocycles. The second-order valence-corrected chi connectivity index (χ2v) is 3.43. The summed E-state index contributed by atoms with van der Waals surface area (Å²) in [7, 11) is 1.88. The number of ether oxygens (including phenoxy) is 1. The third-order valence-corrected chi connectivity index (χ3v) is 2.42. The minimum atomic E-state index is 0.193. The highest BCUT2D eigenvalue weighted by molar-refractivity contribution is 4.70. The highest BCUT2D eigenvalue weighted by atomic mass is 16.5. The predicted octanol–water partition coefficient (Wildman–Crippen LogP) is -0.711. The van der Waals surface area contributed by atoms with Crippen molar-refractivity contribution >= 4 is 0 Å². The third kappa shape index (κ3) is 4.04. The van der Waals surface area contributed by atoms with Crippen molar-refractivity contribution in [1.82, 2.24) is 10.2 Å². The fourth-order valence-corrected chi connectivity index (χ4v) is 1.53. The van der Waals surface area contributed by atoms with E-state index in [2.05, 4.69) is 10.2 Å². The monoisotopic (exact) mass is 188 g/mol. The molecule has 78 valence electrons. The van der Waals surface area contributed by atoms with Crippen LogP contribution in [0.3, 0.4) is 0 Å². The molecule has 1 atom stereocenters. The summed E-state index contributed by atoms with van der Waals surface area (Å²) in [5.74, 6) is 0. The standard InChI is InChI=1S/C9H20N2O2/c1-10-9(8-12)7-11-3-2-5-13-6-4-11/h9-10,12H,2-8H2,1H3. The summed E-state index contributed by atoms with van der Waals surface area (Å²) >= 11 is 0. The highest BCUT2D eigenvalue weighted by Crippen LogP contribution is 1.99. The molecule has 1 aliphatic rings. The molecular weight excluding hydrogens is 168 g/mol. The maximum Gasteiger partial charge on any atom is 0.0597 e. The quantitative estimate of drug-likeness (QED) is 0.612. The topological polar surface area (TPSA) is 44.7 Å². The van der Waals surface area contributed by atoms with Crippen LogP contribution in [0.1, 0.15) is 6.42 Å². The summed E-state index contributed by atoms with van der Waals surface area (Å²) in [4.78, 5) is 2.34. The molecule has 2 N–H and O–H groups in total. The maximum absolute atomic E-state index is 9.01. The van der Waals surface area contributed by atoms with Crippen LogP contribution >= 0.6 is 0 Å². The van der Waals surface area contributed by atoms with E-state index in [0.29, 0.717) is 0 Å². The Bertz CT molecular complexity index is 121. The first-order valence-corrected chi connectivity index (χ1v) is 4.95. The number of likely N-dealkylation sites (N-methyl/N-ethyl adjacent to an activating group) is 1. The number of nitrogens with zero attached hydrogens (tertiary/aromatic N) is 1. The minimum Gasteiger partial charge on any atom is -0.395 e. The van der Waals surface area contributed by atoms with Gasteiger partial charge in [0, 0.05) is 32.3 Å². The SMILES string of the molecule is CNC(CO)CN1CCCOCC1. The van der Waals surface area contributed by atoms with Gasteiger partial charge in [0.25, 0.3) is 0 Å². The third-order valence-electron chi connectivity index (χ3n) is 2.42. The Kier molecular flexibility index (Phi) is 5.31. The van der Waals surface area contributed by atoms with Gasteiger partial charge >= 0.3 is 0 Å². The highest BCUT2D eigenvalue weighted by Gasteiger charge is 2.13. The molecule has 1 unspecified atom stereocenters. The van der Waals surface area contributed by atoms with Crippen LogP contribution in [0.4, 0.5) is 0 Å². The van der Waals surface area contributed by atoms with E-state index in [4.69, 9.17) is 9.84 Å². The van der Waals surface area contributed by atoms with Crippen molar-refractivity contribution in [2.45, 2.75) is 12.5 Å². The van der Waals surface area contributed by atoms with Gasteiger partial charge < -0.3 is 15.2 Å². The molecule has 0 aromatic rings. The molecule has 0 aromatic heterocycles. The van der Waals surface area contributed by atoms with Gasteiger partial charge in [-0.25, -0.2) is 0 Å². The summed E-state index contributed by atoms with van der Waals surface area (Å²) in [6, 6.07) is 0.193. The van der Waals surface area contributed by atoms with E-state index in [-0.39, 0.29) is 12.6 Å². The summed E-state index contributed by atoms with van der Waals surface area (Å²) in [5.41, 5.74) is 0. The number of aliphatic hydroxyl groups excluding tert-OH is 1. The van der Waals surface area contributed by atoms with Crippen LogP contribution in [0, 0.1) is 0 Å². The molecule has 1 saturated heterocycles. The summed E-state index contributed by atoms with van der Waals surface area (Å²) in [5, 5.41) is 12.1. The first kappa shape index (κ1) is 10.9. The average Bonchev–Trinajstić information content (AvgIpc) is 2.42. The fraction of sp³-hybridized carbons (Fsp3) is 1.00. The molecule has 13 heavy (non-hydrogen) atoms. The second-order valence-electron chi connectivity index (χ2n) is 3.43. The Labute approximate surface area is 79.9 Å². The number of rotatable bonds is 4. The first-order valence-electron chi connectivity index (χ1n) is 4.95. The van der Waals surface area contributed by atoms with Gasteiger partial charge in [0.15, 0.2) is 0 Å². The van der Waals surface area contributed by atoms with E-state index >= 15 is 0 Å². The van der Waals surface area contributed by atoms with E-state index < -0.39 is 0 Å². The zero-order valence-corrected chi connectivity index (χ0v) is 8.33. The molecule has 0 radical (unpaired) electrons. The average molecular weight is 188 g/mol. The Morgan fingerprint density at radius 1 is 1.46 bits per heavy atom. The lowest BCUT2D eigenvalue weighted by atomic mass is 10.2. The Morgan fingerprint density at radius 2 is 2.31 bits per heavy atom. The molecule has 1 heterocycles. The molecule has 4 heteroatoms. The number of hydrogen-bond acceptors (Lipinski definition) is 4. The molecule has 1 rings (SSSR count). The van der Waals surface area contributed by atoms with E-state index in [1.54, 1.807) is 0 Å². The Hall–Kier alpha value is -0.160. The summed E-state index contributed by atoms with van der Waals surface area (Å²) < 4.78 is 5.35. The molecule has 0 aliphatic carbocycles. The summed E-state index contributed by atoms with van der Waals surface area (Å²) in [6.45, 7) is 4.88. The lowest BCUT2D eigenvalue weighted by Crippen LogP contribution is -2.42. The van der Waals surface area contributed by atoms with Crippen LogP contribution in [-0.4, -0.2) is 62.6 Å². The van der Waals surface area contributed by atoms with Crippen LogP contribution < -0.4 is 5.32 Å². The Morgan fingerprint density at radius 3 is 3.00 bits per heavy atom. The van der Waals surface area contributed by atoms with Gasteiger partial charge in [-0.05, 0) is 13.5 Å². The van der Waals surface area contributed by atoms with Crippen molar-refractivity contribution in [3.8, 4) is 0 Å². The van der Waals surface area contributed by atoms with Crippen LogP contribution in [0.2, 0.25) is 0 Å². The molecule has 4 nitrogen and oxygen atoms in total. The van der Waals surface area contributed by atoms with Gasteiger partial charge in [0.1, 0.15) is 0 Å². The van der Waals surface area contributed by atoms with Crippen molar-refractivity contribution in [2.75, 3.05) is 46.5 Å². The molecule has 0 amide bonds. The minimum absolute atomic E-state index is 0.193. The van der Waals surface area contributed by atoms with Gasteiger partial charge in [-0.1, -0.05) is 0 Å². The van der Waals surface area contributed by atoms with Crippen LogP contribution in [0.15, 0.2) is 0 Å². The number of aliphatic hydroxyl groups is 1. The van der Waals surface area contributed by atoms with Crippen LogP contribution in [-0.2, 0) is 4.74 Å².